The van der Waals surface area contributed by atoms with E-state index in [1.165, 1.54) is 0 Å². The quantitative estimate of drug-likeness (QED) is 0.437. The predicted molar refractivity (Wildman–Crippen MR) is 46.9 cm³/mol. The van der Waals surface area contributed by atoms with Gasteiger partial charge in [0.1, 0.15) is 9.39 Å². The van der Waals surface area contributed by atoms with Gasteiger partial charge < -0.3 is 0 Å². The van der Waals surface area contributed by atoms with Gasteiger partial charge in [-0.3, -0.25) is 0 Å². The van der Waals surface area contributed by atoms with Crippen molar-refractivity contribution in [3.8, 4) is 0 Å². The monoisotopic (exact) mass is 323 g/mol. The molecule has 0 saturated heterocycles. The van der Waals surface area contributed by atoms with Crippen LogP contribution in [0.2, 0.25) is 0 Å². The molecule has 0 unspecified atom stereocenters. The van der Waals surface area contributed by atoms with Crippen LogP contribution in [0.5, 0.6) is 0 Å². The number of pyridine rings is 1. The molecule has 0 radical (unpaired) electrons. The van der Waals surface area contributed by atoms with Crippen LogP contribution in [-0.2, 0) is 6.18 Å². The van der Waals surface area contributed by atoms with Crippen LogP contribution in [0.3, 0.4) is 0 Å². The van der Waals surface area contributed by atoms with Gasteiger partial charge >= 0.3 is 6.18 Å². The molecule has 0 fully saturated rings. The molecule has 0 aliphatic heterocycles. The zero-order chi connectivity index (χ0) is 10.9. The van der Waals surface area contributed by atoms with E-state index >= 15 is 0 Å². The summed E-state index contributed by atoms with van der Waals surface area (Å²) in [6, 6.07) is 1.64. The summed E-state index contributed by atoms with van der Waals surface area (Å²) in [5, 5.41) is 0. The molecule has 1 aromatic rings. The van der Waals surface area contributed by atoms with Crippen LogP contribution in [0.1, 0.15) is 17.7 Å². The zero-order valence-electron chi connectivity index (χ0n) is 6.45. The Labute approximate surface area is 89.5 Å². The molecule has 0 amide bonds. The summed E-state index contributed by atoms with van der Waals surface area (Å²) >= 11 is 1.57. The third-order valence-corrected chi connectivity index (χ3v) is 2.00. The van der Waals surface area contributed by atoms with Gasteiger partial charge in [-0.15, -0.1) is 0 Å². The summed E-state index contributed by atoms with van der Waals surface area (Å²) in [6.45, 7) is 0. The van der Waals surface area contributed by atoms with Crippen molar-refractivity contribution in [2.75, 3.05) is 0 Å². The summed E-state index contributed by atoms with van der Waals surface area (Å²) in [7, 11) is 0. The van der Waals surface area contributed by atoms with Gasteiger partial charge in [0.25, 0.3) is 6.43 Å². The van der Waals surface area contributed by atoms with Gasteiger partial charge in [0.2, 0.25) is 0 Å². The van der Waals surface area contributed by atoms with Crippen molar-refractivity contribution >= 4 is 22.6 Å². The first-order chi connectivity index (χ1) is 6.32. The third kappa shape index (κ3) is 2.52. The maximum atomic E-state index is 12.2. The van der Waals surface area contributed by atoms with Gasteiger partial charge in [-0.2, -0.15) is 13.2 Å². The topological polar surface area (TPSA) is 12.9 Å². The molecule has 0 bridgehead atoms. The molecule has 0 N–H and O–H groups in total. The standard InChI is InChI=1S/C7H3F5IN/c8-6(9)5-3(7(10,11)12)1-2-4(13)14-5/h1-2,6H. The van der Waals surface area contributed by atoms with E-state index in [-0.39, 0.29) is 3.70 Å². The fourth-order valence-corrected chi connectivity index (χ4v) is 1.30. The minimum Gasteiger partial charge on any atom is -0.240 e. The van der Waals surface area contributed by atoms with Crippen molar-refractivity contribution in [2.24, 2.45) is 0 Å². The van der Waals surface area contributed by atoms with Crippen LogP contribution in [0.4, 0.5) is 22.0 Å². The normalized spacial score (nSPS) is 12.2. The van der Waals surface area contributed by atoms with Crippen molar-refractivity contribution in [1.29, 1.82) is 0 Å². The number of rotatable bonds is 1. The summed E-state index contributed by atoms with van der Waals surface area (Å²) in [4.78, 5) is 3.16. The lowest BCUT2D eigenvalue weighted by atomic mass is 10.2. The molecule has 0 aliphatic rings. The highest BCUT2D eigenvalue weighted by atomic mass is 127. The van der Waals surface area contributed by atoms with E-state index in [2.05, 4.69) is 4.98 Å². The molecule has 14 heavy (non-hydrogen) atoms. The fourth-order valence-electron chi connectivity index (χ4n) is 0.856. The van der Waals surface area contributed by atoms with Crippen molar-refractivity contribution in [1.82, 2.24) is 4.98 Å². The lowest BCUT2D eigenvalue weighted by Gasteiger charge is -2.11. The number of halogens is 6. The molecule has 78 valence electrons. The molecule has 0 spiro atoms. The molecule has 0 atom stereocenters. The maximum Gasteiger partial charge on any atom is 0.418 e. The molecule has 0 aromatic carbocycles. The fraction of sp³-hybridized carbons (Fsp3) is 0.286. The highest BCUT2D eigenvalue weighted by Crippen LogP contribution is 2.35. The first kappa shape index (κ1) is 11.6. The van der Waals surface area contributed by atoms with Gasteiger partial charge in [-0.25, -0.2) is 13.8 Å². The molecule has 0 saturated carbocycles. The van der Waals surface area contributed by atoms with Crippen LogP contribution in [0.25, 0.3) is 0 Å². The van der Waals surface area contributed by atoms with Gasteiger partial charge in [-0.1, -0.05) is 0 Å². The van der Waals surface area contributed by atoms with Crippen LogP contribution in [0, 0.1) is 3.70 Å². The molecule has 0 aliphatic carbocycles. The van der Waals surface area contributed by atoms with Crippen LogP contribution < -0.4 is 0 Å². The molecular weight excluding hydrogens is 320 g/mol. The highest BCUT2D eigenvalue weighted by Gasteiger charge is 2.36. The van der Waals surface area contributed by atoms with Crippen LogP contribution >= 0.6 is 22.6 Å². The van der Waals surface area contributed by atoms with Gasteiger partial charge in [0.15, 0.2) is 0 Å². The van der Waals surface area contributed by atoms with E-state index in [1.54, 1.807) is 22.6 Å². The Bertz CT molecular complexity index is 335. The SMILES string of the molecule is FC(F)c1nc(I)ccc1C(F)(F)F. The lowest BCUT2D eigenvalue weighted by Crippen LogP contribution is -2.11. The Balaban J connectivity index is 3.29. The van der Waals surface area contributed by atoms with Crippen molar-refractivity contribution in [3.63, 3.8) is 0 Å². The molecule has 1 nitrogen and oxygen atoms in total. The Kier molecular flexibility index (Phi) is 3.28. The minimum atomic E-state index is -4.79. The van der Waals surface area contributed by atoms with E-state index in [0.717, 1.165) is 6.07 Å². The number of hydrogen-bond donors (Lipinski definition) is 0. The Morgan fingerprint density at radius 1 is 1.21 bits per heavy atom. The van der Waals surface area contributed by atoms with E-state index in [4.69, 9.17) is 0 Å². The molecule has 1 rings (SSSR count). The average Bonchev–Trinajstić information content (AvgIpc) is 2.01. The minimum absolute atomic E-state index is 0.103. The van der Waals surface area contributed by atoms with E-state index in [1.807, 2.05) is 0 Å². The average molecular weight is 323 g/mol. The van der Waals surface area contributed by atoms with Crippen LogP contribution in [-0.4, -0.2) is 4.98 Å². The van der Waals surface area contributed by atoms with Gasteiger partial charge in [0.05, 0.1) is 5.56 Å². The number of aromatic nitrogens is 1. The lowest BCUT2D eigenvalue weighted by molar-refractivity contribution is -0.140. The number of hydrogen-bond acceptors (Lipinski definition) is 1. The van der Waals surface area contributed by atoms with E-state index in [0.29, 0.717) is 6.07 Å². The Morgan fingerprint density at radius 2 is 1.79 bits per heavy atom. The van der Waals surface area contributed by atoms with Crippen LogP contribution in [0.15, 0.2) is 12.1 Å². The van der Waals surface area contributed by atoms with E-state index in [9.17, 15) is 22.0 Å². The first-order valence-corrected chi connectivity index (χ1v) is 4.42. The highest BCUT2D eigenvalue weighted by molar-refractivity contribution is 14.1. The summed E-state index contributed by atoms with van der Waals surface area (Å²) in [5.41, 5.74) is -2.60. The summed E-state index contributed by atoms with van der Waals surface area (Å²) in [6.07, 6.45) is -8.01. The number of alkyl halides is 5. The summed E-state index contributed by atoms with van der Waals surface area (Å²) in [5.74, 6) is 0. The zero-order valence-corrected chi connectivity index (χ0v) is 8.60. The maximum absolute atomic E-state index is 12.2. The smallest absolute Gasteiger partial charge is 0.240 e. The molecule has 1 aromatic heterocycles. The molecule has 7 heteroatoms. The predicted octanol–water partition coefficient (Wildman–Crippen LogP) is 3.64. The largest absolute Gasteiger partial charge is 0.418 e. The van der Waals surface area contributed by atoms with Crippen molar-refractivity contribution in [2.45, 2.75) is 12.6 Å². The van der Waals surface area contributed by atoms with Crippen molar-refractivity contribution < 1.29 is 22.0 Å². The Hall–Kier alpha value is -0.470. The van der Waals surface area contributed by atoms with Gasteiger partial charge in [0, 0.05) is 0 Å². The van der Waals surface area contributed by atoms with Gasteiger partial charge in [-0.05, 0) is 34.7 Å². The Morgan fingerprint density at radius 3 is 2.21 bits per heavy atom. The molecular formula is C7H3F5IN. The second kappa shape index (κ2) is 3.95. The summed E-state index contributed by atoms with van der Waals surface area (Å²) < 4.78 is 60.9. The number of nitrogens with zero attached hydrogens (tertiary/aromatic N) is 1. The second-order valence-corrected chi connectivity index (χ2v) is 3.47. The third-order valence-electron chi connectivity index (χ3n) is 1.40. The second-order valence-electron chi connectivity index (χ2n) is 2.37. The van der Waals surface area contributed by atoms with Crippen molar-refractivity contribution in [3.05, 3.63) is 27.1 Å². The molecule has 1 heterocycles. The van der Waals surface area contributed by atoms with E-state index < -0.39 is 23.9 Å². The first-order valence-electron chi connectivity index (χ1n) is 3.34.